The third kappa shape index (κ3) is 1.92. The van der Waals surface area contributed by atoms with Crippen LogP contribution in [-0.4, -0.2) is 18.3 Å². The van der Waals surface area contributed by atoms with E-state index in [4.69, 9.17) is 4.74 Å². The summed E-state index contributed by atoms with van der Waals surface area (Å²) in [7, 11) is 0. The lowest BCUT2D eigenvalue weighted by molar-refractivity contribution is 0.0451. The number of benzene rings is 1. The zero-order valence-electron chi connectivity index (χ0n) is 8.82. The number of carbonyl (C=O) groups is 1. The molecule has 16 heavy (non-hydrogen) atoms. The second-order valence-corrected chi connectivity index (χ2v) is 3.92. The van der Waals surface area contributed by atoms with Gasteiger partial charge >= 0.3 is 0 Å². The molecule has 0 bridgehead atoms. The van der Waals surface area contributed by atoms with Crippen molar-refractivity contribution in [1.82, 2.24) is 0 Å². The highest BCUT2D eigenvalue weighted by Crippen LogP contribution is 2.33. The predicted octanol–water partition coefficient (Wildman–Crippen LogP) is 2.92. The van der Waals surface area contributed by atoms with Gasteiger partial charge in [-0.3, -0.25) is 4.79 Å². The molecule has 2 nitrogen and oxygen atoms in total. The number of rotatable bonds is 2. The first-order chi connectivity index (χ1) is 7.59. The van der Waals surface area contributed by atoms with E-state index >= 15 is 0 Å². The third-order valence-corrected chi connectivity index (χ3v) is 2.80. The van der Waals surface area contributed by atoms with Gasteiger partial charge < -0.3 is 4.74 Å². The molecule has 4 heteroatoms. The monoisotopic (exact) mass is 226 g/mol. The van der Waals surface area contributed by atoms with Crippen molar-refractivity contribution in [3.05, 3.63) is 29.8 Å². The molecular formula is C12H12F2O2. The summed E-state index contributed by atoms with van der Waals surface area (Å²) in [6.45, 7) is 1.65. The van der Waals surface area contributed by atoms with Crippen LogP contribution >= 0.6 is 0 Å². The fourth-order valence-electron chi connectivity index (χ4n) is 1.96. The number of Topliss-reactive ketones (excluding diaryl/α,β-unsaturated/α-hetero) is 1. The first kappa shape index (κ1) is 11.0. The summed E-state index contributed by atoms with van der Waals surface area (Å²) in [5.74, 6) is -0.491. The van der Waals surface area contributed by atoms with Crippen LogP contribution in [0.4, 0.5) is 8.78 Å². The number of hydrogen-bond acceptors (Lipinski definition) is 2. The lowest BCUT2D eigenvalue weighted by Gasteiger charge is -2.29. The maximum absolute atomic E-state index is 12.3. The highest BCUT2D eigenvalue weighted by atomic mass is 19.3. The Hall–Kier alpha value is -1.45. The van der Waals surface area contributed by atoms with E-state index in [1.54, 1.807) is 31.2 Å². The molecule has 1 heterocycles. The third-order valence-electron chi connectivity index (χ3n) is 2.80. The Kier molecular flexibility index (Phi) is 2.90. The van der Waals surface area contributed by atoms with Gasteiger partial charge in [-0.25, -0.2) is 8.78 Å². The Balaban J connectivity index is 2.30. The molecule has 2 atom stereocenters. The summed E-state index contributed by atoms with van der Waals surface area (Å²) >= 11 is 0. The fraction of sp³-hybridized carbons (Fsp3) is 0.417. The van der Waals surface area contributed by atoms with Crippen molar-refractivity contribution in [2.45, 2.75) is 25.9 Å². The zero-order chi connectivity index (χ0) is 11.7. The molecule has 0 saturated carbocycles. The molecule has 0 amide bonds. The number of fused-ring (bicyclic) bond motifs is 1. The van der Waals surface area contributed by atoms with Crippen molar-refractivity contribution in [1.29, 1.82) is 0 Å². The quantitative estimate of drug-likeness (QED) is 0.775. The van der Waals surface area contributed by atoms with Gasteiger partial charge in [0.1, 0.15) is 11.9 Å². The topological polar surface area (TPSA) is 26.3 Å². The summed E-state index contributed by atoms with van der Waals surface area (Å²) in [6.07, 6.45) is -3.41. The predicted molar refractivity (Wildman–Crippen MR) is 55.0 cm³/mol. The zero-order valence-corrected chi connectivity index (χ0v) is 8.82. The highest BCUT2D eigenvalue weighted by Gasteiger charge is 2.35. The molecule has 0 N–H and O–H groups in total. The minimum Gasteiger partial charge on any atom is -0.489 e. The molecule has 1 aromatic rings. The van der Waals surface area contributed by atoms with Crippen LogP contribution in [0.2, 0.25) is 0 Å². The van der Waals surface area contributed by atoms with Crippen molar-refractivity contribution in [2.75, 3.05) is 0 Å². The average Bonchev–Trinajstić information content (AvgIpc) is 2.24. The molecule has 0 fully saturated rings. The SMILES string of the molecule is CC1Oc2ccccc2C(=O)C1CC(F)F. The Bertz CT molecular complexity index is 404. The smallest absolute Gasteiger partial charge is 0.239 e. The molecule has 0 aliphatic carbocycles. The van der Waals surface area contributed by atoms with Gasteiger partial charge in [0.25, 0.3) is 0 Å². The van der Waals surface area contributed by atoms with Crippen molar-refractivity contribution in [3.8, 4) is 5.75 Å². The number of ether oxygens (including phenoxy) is 1. The Morgan fingerprint density at radius 2 is 2.06 bits per heavy atom. The van der Waals surface area contributed by atoms with Crippen molar-refractivity contribution in [2.24, 2.45) is 5.92 Å². The van der Waals surface area contributed by atoms with Gasteiger partial charge in [-0.05, 0) is 19.1 Å². The summed E-state index contributed by atoms with van der Waals surface area (Å²) < 4.78 is 30.1. The summed E-state index contributed by atoms with van der Waals surface area (Å²) in [4.78, 5) is 11.9. The van der Waals surface area contributed by atoms with Gasteiger partial charge in [-0.15, -0.1) is 0 Å². The summed E-state index contributed by atoms with van der Waals surface area (Å²) in [6, 6.07) is 6.76. The largest absolute Gasteiger partial charge is 0.489 e. The first-order valence-corrected chi connectivity index (χ1v) is 5.17. The highest BCUT2D eigenvalue weighted by molar-refractivity contribution is 6.01. The number of ketones is 1. The molecule has 86 valence electrons. The van der Waals surface area contributed by atoms with E-state index in [-0.39, 0.29) is 5.78 Å². The van der Waals surface area contributed by atoms with E-state index in [1.165, 1.54) is 0 Å². The number of alkyl halides is 2. The minimum absolute atomic E-state index is 0.241. The summed E-state index contributed by atoms with van der Waals surface area (Å²) in [5, 5.41) is 0. The molecular weight excluding hydrogens is 214 g/mol. The second-order valence-electron chi connectivity index (χ2n) is 3.92. The van der Waals surface area contributed by atoms with E-state index in [9.17, 15) is 13.6 Å². The molecule has 1 aliphatic heterocycles. The average molecular weight is 226 g/mol. The molecule has 0 aromatic heterocycles. The molecule has 1 aliphatic rings. The van der Waals surface area contributed by atoms with Crippen molar-refractivity contribution in [3.63, 3.8) is 0 Å². The normalized spacial score (nSPS) is 24.1. The van der Waals surface area contributed by atoms with Crippen molar-refractivity contribution < 1.29 is 18.3 Å². The Morgan fingerprint density at radius 1 is 1.38 bits per heavy atom. The Morgan fingerprint density at radius 3 is 2.75 bits per heavy atom. The second kappa shape index (κ2) is 4.20. The number of para-hydroxylation sites is 1. The van der Waals surface area contributed by atoms with Crippen LogP contribution in [-0.2, 0) is 0 Å². The van der Waals surface area contributed by atoms with Gasteiger partial charge in [-0.1, -0.05) is 12.1 Å². The molecule has 0 saturated heterocycles. The van der Waals surface area contributed by atoms with Crippen LogP contribution in [0, 0.1) is 5.92 Å². The summed E-state index contributed by atoms with van der Waals surface area (Å²) in [5.41, 5.74) is 0.409. The number of hydrogen-bond donors (Lipinski definition) is 0. The van der Waals surface area contributed by atoms with Crippen LogP contribution in [0.5, 0.6) is 5.75 Å². The van der Waals surface area contributed by atoms with Crippen LogP contribution in [0.15, 0.2) is 24.3 Å². The lowest BCUT2D eigenvalue weighted by Crippen LogP contribution is -2.36. The van der Waals surface area contributed by atoms with Crippen molar-refractivity contribution >= 4 is 5.78 Å². The van der Waals surface area contributed by atoms with E-state index in [0.29, 0.717) is 11.3 Å². The van der Waals surface area contributed by atoms with Gasteiger partial charge in [0.15, 0.2) is 5.78 Å². The molecule has 0 radical (unpaired) electrons. The minimum atomic E-state index is -2.48. The van der Waals surface area contributed by atoms with Gasteiger partial charge in [0.2, 0.25) is 6.43 Å². The standard InChI is InChI=1S/C12H12F2O2/c1-7-9(6-11(13)14)12(15)8-4-2-3-5-10(8)16-7/h2-5,7,9,11H,6H2,1H3. The maximum atomic E-state index is 12.3. The van der Waals surface area contributed by atoms with Gasteiger partial charge in [0, 0.05) is 6.42 Å². The van der Waals surface area contributed by atoms with E-state index < -0.39 is 24.9 Å². The van der Waals surface area contributed by atoms with Crippen LogP contribution in [0.1, 0.15) is 23.7 Å². The molecule has 1 aromatic carbocycles. The molecule has 2 unspecified atom stereocenters. The van der Waals surface area contributed by atoms with Gasteiger partial charge in [-0.2, -0.15) is 0 Å². The number of carbonyl (C=O) groups excluding carboxylic acids is 1. The van der Waals surface area contributed by atoms with E-state index in [1.807, 2.05) is 0 Å². The van der Waals surface area contributed by atoms with Crippen LogP contribution in [0.3, 0.4) is 0 Å². The van der Waals surface area contributed by atoms with Crippen LogP contribution in [0.25, 0.3) is 0 Å². The number of halogens is 2. The molecule has 0 spiro atoms. The molecule has 2 rings (SSSR count). The van der Waals surface area contributed by atoms with E-state index in [2.05, 4.69) is 0 Å². The van der Waals surface area contributed by atoms with Crippen LogP contribution < -0.4 is 4.74 Å². The fourth-order valence-corrected chi connectivity index (χ4v) is 1.96. The Labute approximate surface area is 92.2 Å². The maximum Gasteiger partial charge on any atom is 0.239 e. The van der Waals surface area contributed by atoms with Gasteiger partial charge in [0.05, 0.1) is 11.5 Å². The van der Waals surface area contributed by atoms with E-state index in [0.717, 1.165) is 0 Å². The lowest BCUT2D eigenvalue weighted by atomic mass is 9.87. The first-order valence-electron chi connectivity index (χ1n) is 5.17.